The Bertz CT molecular complexity index is 968. The molecular weight excluding hydrogens is 412 g/mol. The van der Waals surface area contributed by atoms with Crippen LogP contribution in [-0.2, 0) is 17.1 Å². The number of para-hydroxylation sites is 2. The van der Waals surface area contributed by atoms with Gasteiger partial charge in [0.25, 0.3) is 0 Å². The summed E-state index contributed by atoms with van der Waals surface area (Å²) in [5, 5.41) is 0. The van der Waals surface area contributed by atoms with Gasteiger partial charge in [-0.05, 0) is 63.1 Å². The van der Waals surface area contributed by atoms with E-state index in [2.05, 4.69) is 15.0 Å². The van der Waals surface area contributed by atoms with Gasteiger partial charge >= 0.3 is 0 Å². The van der Waals surface area contributed by atoms with Gasteiger partial charge in [-0.2, -0.15) is 0 Å². The van der Waals surface area contributed by atoms with Crippen molar-refractivity contribution in [3.63, 3.8) is 0 Å². The molecule has 0 bridgehead atoms. The Kier molecular flexibility index (Phi) is 7.54. The van der Waals surface area contributed by atoms with Crippen molar-refractivity contribution in [1.29, 1.82) is 0 Å². The fourth-order valence-electron chi connectivity index (χ4n) is 2.82. The molecular formula is C23H21F2FeN3. The third-order valence-electron chi connectivity index (χ3n) is 4.43. The summed E-state index contributed by atoms with van der Waals surface area (Å²) in [7, 11) is 0. The quantitative estimate of drug-likeness (QED) is 0.354. The Labute approximate surface area is 180 Å². The topological polar surface area (TPSA) is 37.6 Å². The van der Waals surface area contributed by atoms with Crippen molar-refractivity contribution in [2.45, 2.75) is 27.7 Å². The van der Waals surface area contributed by atoms with Gasteiger partial charge in [-0.25, -0.2) is 23.7 Å². The molecule has 150 valence electrons. The largest absolute Gasteiger partial charge is 0.248 e. The maximum atomic E-state index is 14.1. The first-order valence-electron chi connectivity index (χ1n) is 8.95. The minimum absolute atomic E-state index is 0. The van der Waals surface area contributed by atoms with Crippen molar-refractivity contribution in [2.75, 3.05) is 0 Å². The summed E-state index contributed by atoms with van der Waals surface area (Å²) in [4.78, 5) is 13.4. The predicted octanol–water partition coefficient (Wildman–Crippen LogP) is 6.26. The summed E-state index contributed by atoms with van der Waals surface area (Å²) in [5.74, 6) is -0.744. The van der Waals surface area contributed by atoms with Crippen molar-refractivity contribution >= 4 is 22.8 Å². The fourth-order valence-corrected chi connectivity index (χ4v) is 2.82. The van der Waals surface area contributed by atoms with E-state index in [0.29, 0.717) is 34.2 Å². The van der Waals surface area contributed by atoms with Gasteiger partial charge in [0.2, 0.25) is 0 Å². The number of aryl methyl sites for hydroxylation is 2. The van der Waals surface area contributed by atoms with E-state index in [9.17, 15) is 8.78 Å². The average Bonchev–Trinajstić information content (AvgIpc) is 2.67. The van der Waals surface area contributed by atoms with Crippen LogP contribution in [0.15, 0.2) is 64.6 Å². The Balaban J connectivity index is 0.00000300. The van der Waals surface area contributed by atoms with Crippen LogP contribution in [0.1, 0.15) is 36.4 Å². The molecule has 6 heteroatoms. The molecule has 0 aliphatic carbocycles. The Morgan fingerprint density at radius 1 is 0.690 bits per heavy atom. The van der Waals surface area contributed by atoms with Crippen molar-refractivity contribution in [2.24, 2.45) is 9.98 Å². The summed E-state index contributed by atoms with van der Waals surface area (Å²) in [6.45, 7) is 7.19. The van der Waals surface area contributed by atoms with Gasteiger partial charge in [0, 0.05) is 17.1 Å². The second-order valence-corrected chi connectivity index (χ2v) is 6.61. The van der Waals surface area contributed by atoms with Gasteiger partial charge < -0.3 is 0 Å². The van der Waals surface area contributed by atoms with E-state index < -0.39 is 0 Å². The molecule has 0 N–H and O–H groups in total. The van der Waals surface area contributed by atoms with Crippen LogP contribution < -0.4 is 0 Å². The van der Waals surface area contributed by atoms with E-state index in [1.165, 1.54) is 12.1 Å². The van der Waals surface area contributed by atoms with Crippen LogP contribution >= 0.6 is 0 Å². The van der Waals surface area contributed by atoms with Crippen LogP contribution in [-0.4, -0.2) is 16.4 Å². The predicted molar refractivity (Wildman–Crippen MR) is 110 cm³/mol. The molecule has 0 radical (unpaired) electrons. The van der Waals surface area contributed by atoms with E-state index in [1.54, 1.807) is 38.1 Å². The monoisotopic (exact) mass is 433 g/mol. The molecule has 3 aromatic rings. The summed E-state index contributed by atoms with van der Waals surface area (Å²) in [6, 6.07) is 15.1. The summed E-state index contributed by atoms with van der Waals surface area (Å²) in [6.07, 6.45) is 0. The number of aromatic nitrogens is 1. The first kappa shape index (κ1) is 22.6. The van der Waals surface area contributed by atoms with Crippen LogP contribution in [0.25, 0.3) is 0 Å². The fraction of sp³-hybridized carbons (Fsp3) is 0.174. The second kappa shape index (κ2) is 9.68. The van der Waals surface area contributed by atoms with E-state index in [0.717, 1.165) is 11.1 Å². The van der Waals surface area contributed by atoms with Crippen LogP contribution in [0.3, 0.4) is 0 Å². The van der Waals surface area contributed by atoms with Crippen LogP contribution in [0.4, 0.5) is 20.2 Å². The third-order valence-corrected chi connectivity index (χ3v) is 4.43. The van der Waals surface area contributed by atoms with Crippen molar-refractivity contribution in [3.05, 3.63) is 88.7 Å². The number of nitrogens with zero attached hydrogens (tertiary/aromatic N) is 3. The molecule has 0 saturated carbocycles. The van der Waals surface area contributed by atoms with Gasteiger partial charge in [0.15, 0.2) is 0 Å². The van der Waals surface area contributed by atoms with E-state index in [1.807, 2.05) is 32.0 Å². The summed E-state index contributed by atoms with van der Waals surface area (Å²) >= 11 is 0. The summed E-state index contributed by atoms with van der Waals surface area (Å²) < 4.78 is 28.1. The minimum atomic E-state index is -0.372. The van der Waals surface area contributed by atoms with Crippen LogP contribution in [0.5, 0.6) is 0 Å². The molecule has 0 fully saturated rings. The zero-order valence-corrected chi connectivity index (χ0v) is 17.8. The van der Waals surface area contributed by atoms with E-state index in [-0.39, 0.29) is 28.7 Å². The number of pyridine rings is 1. The molecule has 2 aromatic carbocycles. The molecule has 3 nitrogen and oxygen atoms in total. The number of benzene rings is 2. The third kappa shape index (κ3) is 5.22. The summed E-state index contributed by atoms with van der Waals surface area (Å²) in [5.41, 5.74) is 4.51. The van der Waals surface area contributed by atoms with Crippen molar-refractivity contribution in [3.8, 4) is 0 Å². The Morgan fingerprint density at radius 2 is 1.07 bits per heavy atom. The molecule has 0 amide bonds. The molecule has 29 heavy (non-hydrogen) atoms. The first-order chi connectivity index (χ1) is 13.4. The second-order valence-electron chi connectivity index (χ2n) is 6.61. The zero-order chi connectivity index (χ0) is 20.3. The molecule has 1 heterocycles. The normalized spacial score (nSPS) is 11.9. The van der Waals surface area contributed by atoms with Crippen LogP contribution in [0, 0.1) is 25.5 Å². The average molecular weight is 433 g/mol. The number of rotatable bonds is 4. The maximum Gasteiger partial charge on any atom is 0.149 e. The van der Waals surface area contributed by atoms with Gasteiger partial charge in [0.1, 0.15) is 23.0 Å². The van der Waals surface area contributed by atoms with Gasteiger partial charge in [-0.1, -0.05) is 30.3 Å². The van der Waals surface area contributed by atoms with Gasteiger partial charge in [-0.3, -0.25) is 0 Å². The molecule has 0 atom stereocenters. The van der Waals surface area contributed by atoms with Gasteiger partial charge in [-0.15, -0.1) is 0 Å². The number of aliphatic imine (C=N–C) groups is 2. The maximum absolute atomic E-state index is 14.1. The zero-order valence-electron chi connectivity index (χ0n) is 16.6. The molecule has 0 aliphatic rings. The molecule has 0 unspecified atom stereocenters. The van der Waals surface area contributed by atoms with E-state index >= 15 is 0 Å². The SMILES string of the molecule is CC(=Nc1c(C)cccc1F)c1cccc(C(C)=Nc2c(C)cccc2F)n1.[Fe]. The molecule has 0 spiro atoms. The Hall–Kier alpha value is -2.69. The van der Waals surface area contributed by atoms with E-state index in [4.69, 9.17) is 0 Å². The molecule has 0 aliphatic heterocycles. The number of hydrogen-bond donors (Lipinski definition) is 0. The van der Waals surface area contributed by atoms with Crippen LogP contribution in [0.2, 0.25) is 0 Å². The minimum Gasteiger partial charge on any atom is -0.248 e. The molecule has 0 saturated heterocycles. The molecule has 3 rings (SSSR count). The number of halogens is 2. The van der Waals surface area contributed by atoms with Gasteiger partial charge in [0.05, 0.1) is 22.8 Å². The smallest absolute Gasteiger partial charge is 0.149 e. The molecule has 1 aromatic heterocycles. The van der Waals surface area contributed by atoms with Crippen molar-refractivity contribution in [1.82, 2.24) is 4.98 Å². The first-order valence-corrected chi connectivity index (χ1v) is 8.95. The van der Waals surface area contributed by atoms with Crippen molar-refractivity contribution < 1.29 is 25.8 Å². The standard InChI is InChI=1S/C23H21F2N3.Fe/c1-14-8-5-10-18(24)22(14)26-16(3)20-12-7-13-21(28-20)17(4)27-23-15(2)9-6-11-19(23)25;/h5-13H,1-4H3;. The Morgan fingerprint density at radius 3 is 1.45 bits per heavy atom. The number of hydrogen-bond acceptors (Lipinski definition) is 3.